The van der Waals surface area contributed by atoms with E-state index >= 15 is 0 Å². The van der Waals surface area contributed by atoms with Crippen molar-refractivity contribution >= 4 is 5.78 Å². The molecule has 0 saturated heterocycles. The number of hydrogen-bond donors (Lipinski definition) is 1. The van der Waals surface area contributed by atoms with Gasteiger partial charge < -0.3 is 5.73 Å². The highest BCUT2D eigenvalue weighted by Crippen LogP contribution is 2.24. The summed E-state index contributed by atoms with van der Waals surface area (Å²) in [6.07, 6.45) is 2.42. The topological polar surface area (TPSA) is 56.0 Å². The van der Waals surface area contributed by atoms with E-state index in [9.17, 15) is 4.79 Å². The second kappa shape index (κ2) is 5.97. The van der Waals surface area contributed by atoms with Gasteiger partial charge in [0.25, 0.3) is 0 Å². The van der Waals surface area contributed by atoms with Crippen LogP contribution in [0, 0.1) is 13.8 Å². The first-order chi connectivity index (χ1) is 9.49. The molecule has 2 rings (SSSR count). The van der Waals surface area contributed by atoms with Crippen LogP contribution in [-0.4, -0.2) is 16.8 Å². The Kier molecular flexibility index (Phi) is 4.30. The maximum absolute atomic E-state index is 11.2. The van der Waals surface area contributed by atoms with Crippen LogP contribution in [0.5, 0.6) is 0 Å². The number of aryl methyl sites for hydroxylation is 1. The van der Waals surface area contributed by atoms with Crippen LogP contribution in [-0.2, 0) is 11.2 Å². The number of carbonyl (C=O) groups is 1. The van der Waals surface area contributed by atoms with Gasteiger partial charge in [0.15, 0.2) is 0 Å². The smallest absolute Gasteiger partial charge is 0.146 e. The SMILES string of the molecule is CC(=O)[C@@H](N)Cc1ccc(-c2ccnc(C)c2C)cc1. The van der Waals surface area contributed by atoms with Crippen molar-refractivity contribution in [2.75, 3.05) is 0 Å². The summed E-state index contributed by atoms with van der Waals surface area (Å²) in [6.45, 7) is 5.62. The Balaban J connectivity index is 2.24. The predicted molar refractivity (Wildman–Crippen MR) is 81.5 cm³/mol. The van der Waals surface area contributed by atoms with Crippen molar-refractivity contribution in [3.8, 4) is 11.1 Å². The molecule has 0 amide bonds. The highest BCUT2D eigenvalue weighted by atomic mass is 16.1. The van der Waals surface area contributed by atoms with E-state index in [-0.39, 0.29) is 5.78 Å². The predicted octanol–water partition coefficient (Wildman–Crippen LogP) is 2.82. The van der Waals surface area contributed by atoms with Crippen molar-refractivity contribution in [2.24, 2.45) is 5.73 Å². The van der Waals surface area contributed by atoms with Crippen molar-refractivity contribution in [1.82, 2.24) is 4.98 Å². The van der Waals surface area contributed by atoms with Crippen LogP contribution in [0.1, 0.15) is 23.7 Å². The average Bonchev–Trinajstić information content (AvgIpc) is 2.43. The van der Waals surface area contributed by atoms with Crippen molar-refractivity contribution in [3.63, 3.8) is 0 Å². The normalized spacial score (nSPS) is 12.2. The number of aromatic nitrogens is 1. The highest BCUT2D eigenvalue weighted by Gasteiger charge is 2.09. The number of carbonyl (C=O) groups excluding carboxylic acids is 1. The van der Waals surface area contributed by atoms with Crippen LogP contribution in [0.25, 0.3) is 11.1 Å². The van der Waals surface area contributed by atoms with E-state index in [1.54, 1.807) is 0 Å². The molecule has 0 spiro atoms. The summed E-state index contributed by atoms with van der Waals surface area (Å²) in [6, 6.07) is 9.83. The van der Waals surface area contributed by atoms with E-state index in [0.29, 0.717) is 6.42 Å². The van der Waals surface area contributed by atoms with Gasteiger partial charge in [0.1, 0.15) is 5.78 Å². The highest BCUT2D eigenvalue weighted by molar-refractivity contribution is 5.81. The van der Waals surface area contributed by atoms with Gasteiger partial charge in [0, 0.05) is 11.9 Å². The van der Waals surface area contributed by atoms with Crippen LogP contribution in [0.2, 0.25) is 0 Å². The largest absolute Gasteiger partial charge is 0.321 e. The van der Waals surface area contributed by atoms with E-state index in [2.05, 4.69) is 24.0 Å². The lowest BCUT2D eigenvalue weighted by atomic mass is 9.97. The Morgan fingerprint density at radius 1 is 1.20 bits per heavy atom. The molecular formula is C17H20N2O. The van der Waals surface area contributed by atoms with Gasteiger partial charge in [-0.3, -0.25) is 9.78 Å². The van der Waals surface area contributed by atoms with Gasteiger partial charge in [-0.25, -0.2) is 0 Å². The molecule has 2 N–H and O–H groups in total. The van der Waals surface area contributed by atoms with Gasteiger partial charge >= 0.3 is 0 Å². The zero-order valence-corrected chi connectivity index (χ0v) is 12.2. The van der Waals surface area contributed by atoms with Gasteiger partial charge in [-0.1, -0.05) is 24.3 Å². The lowest BCUT2D eigenvalue weighted by Gasteiger charge is -2.10. The number of Topliss-reactive ketones (excluding diaryl/α,β-unsaturated/α-hetero) is 1. The summed E-state index contributed by atoms with van der Waals surface area (Å²) < 4.78 is 0. The number of rotatable bonds is 4. The van der Waals surface area contributed by atoms with E-state index < -0.39 is 6.04 Å². The molecule has 0 fully saturated rings. The standard InChI is InChI=1S/C17H20N2O/c1-11-12(2)19-9-8-16(11)15-6-4-14(5-7-15)10-17(18)13(3)20/h4-9,17H,10,18H2,1-3H3/t17-/m0/s1. The summed E-state index contributed by atoms with van der Waals surface area (Å²) >= 11 is 0. The molecule has 0 aliphatic rings. The van der Waals surface area contributed by atoms with E-state index in [4.69, 9.17) is 5.73 Å². The minimum atomic E-state index is -0.411. The first kappa shape index (κ1) is 14.4. The van der Waals surface area contributed by atoms with Crippen molar-refractivity contribution < 1.29 is 4.79 Å². The zero-order valence-electron chi connectivity index (χ0n) is 12.2. The Morgan fingerprint density at radius 2 is 1.85 bits per heavy atom. The third kappa shape index (κ3) is 3.11. The first-order valence-electron chi connectivity index (χ1n) is 6.76. The van der Waals surface area contributed by atoms with Crippen LogP contribution in [0.3, 0.4) is 0 Å². The van der Waals surface area contributed by atoms with E-state index in [1.807, 2.05) is 31.3 Å². The van der Waals surface area contributed by atoms with Gasteiger partial charge in [-0.2, -0.15) is 0 Å². The summed E-state index contributed by atoms with van der Waals surface area (Å²) in [4.78, 5) is 15.5. The third-order valence-electron chi connectivity index (χ3n) is 3.70. The molecule has 104 valence electrons. The molecule has 1 atom stereocenters. The first-order valence-corrected chi connectivity index (χ1v) is 6.76. The molecule has 0 bridgehead atoms. The van der Waals surface area contributed by atoms with Crippen molar-refractivity contribution in [1.29, 1.82) is 0 Å². The van der Waals surface area contributed by atoms with E-state index in [0.717, 1.165) is 16.8 Å². The minimum Gasteiger partial charge on any atom is -0.321 e. The van der Waals surface area contributed by atoms with Gasteiger partial charge in [-0.15, -0.1) is 0 Å². The second-order valence-electron chi connectivity index (χ2n) is 5.19. The number of ketones is 1. The summed E-state index contributed by atoms with van der Waals surface area (Å²) in [7, 11) is 0. The minimum absolute atomic E-state index is 0.0229. The summed E-state index contributed by atoms with van der Waals surface area (Å²) in [5.41, 5.74) is 11.5. The van der Waals surface area contributed by atoms with Gasteiger partial charge in [-0.05, 0) is 55.5 Å². The molecule has 0 radical (unpaired) electrons. The fraction of sp³-hybridized carbons (Fsp3) is 0.294. The monoisotopic (exact) mass is 268 g/mol. The zero-order chi connectivity index (χ0) is 14.7. The average molecular weight is 268 g/mol. The molecule has 2 aromatic rings. The lowest BCUT2D eigenvalue weighted by molar-refractivity contribution is -0.118. The number of hydrogen-bond acceptors (Lipinski definition) is 3. The quantitative estimate of drug-likeness (QED) is 0.927. The van der Waals surface area contributed by atoms with Crippen LogP contribution in [0.4, 0.5) is 0 Å². The number of nitrogens with two attached hydrogens (primary N) is 1. The third-order valence-corrected chi connectivity index (χ3v) is 3.70. The lowest BCUT2D eigenvalue weighted by Crippen LogP contribution is -2.30. The van der Waals surface area contributed by atoms with E-state index in [1.165, 1.54) is 18.1 Å². The number of nitrogens with zero attached hydrogens (tertiary/aromatic N) is 1. The Hall–Kier alpha value is -2.00. The molecule has 1 aromatic heterocycles. The molecular weight excluding hydrogens is 248 g/mol. The molecule has 0 unspecified atom stereocenters. The van der Waals surface area contributed by atoms with Gasteiger partial charge in [0.05, 0.1) is 6.04 Å². The molecule has 1 aromatic carbocycles. The van der Waals surface area contributed by atoms with Crippen molar-refractivity contribution in [3.05, 3.63) is 53.3 Å². The van der Waals surface area contributed by atoms with Crippen LogP contribution >= 0.6 is 0 Å². The Morgan fingerprint density at radius 3 is 2.45 bits per heavy atom. The molecule has 1 heterocycles. The molecule has 3 nitrogen and oxygen atoms in total. The molecule has 0 aliphatic heterocycles. The Bertz CT molecular complexity index is 617. The molecule has 20 heavy (non-hydrogen) atoms. The van der Waals surface area contributed by atoms with Crippen LogP contribution in [0.15, 0.2) is 36.5 Å². The Labute approximate surface area is 119 Å². The molecule has 0 aliphatic carbocycles. The molecule has 0 saturated carbocycles. The van der Waals surface area contributed by atoms with Crippen LogP contribution < -0.4 is 5.73 Å². The number of pyridine rings is 1. The summed E-state index contributed by atoms with van der Waals surface area (Å²) in [5, 5.41) is 0. The van der Waals surface area contributed by atoms with Gasteiger partial charge in [0.2, 0.25) is 0 Å². The fourth-order valence-electron chi connectivity index (χ4n) is 2.17. The maximum atomic E-state index is 11.2. The maximum Gasteiger partial charge on any atom is 0.146 e. The second-order valence-corrected chi connectivity index (χ2v) is 5.19. The molecule has 3 heteroatoms. The number of benzene rings is 1. The summed E-state index contributed by atoms with van der Waals surface area (Å²) in [5.74, 6) is 0.0229. The van der Waals surface area contributed by atoms with Crippen molar-refractivity contribution in [2.45, 2.75) is 33.2 Å². The fourth-order valence-corrected chi connectivity index (χ4v) is 2.17.